The summed E-state index contributed by atoms with van der Waals surface area (Å²) in [5.74, 6) is -0.769. The van der Waals surface area contributed by atoms with Gasteiger partial charge in [-0.2, -0.15) is 17.6 Å². The summed E-state index contributed by atoms with van der Waals surface area (Å²) in [5, 5.41) is 12.2. The Labute approximate surface area is 109 Å². The van der Waals surface area contributed by atoms with E-state index >= 15 is 0 Å². The van der Waals surface area contributed by atoms with Gasteiger partial charge in [-0.3, -0.25) is 0 Å². The molecule has 0 spiro atoms. The molecule has 7 nitrogen and oxygen atoms in total. The van der Waals surface area contributed by atoms with Gasteiger partial charge in [0.15, 0.2) is 5.69 Å². The first kappa shape index (κ1) is 13.1. The summed E-state index contributed by atoms with van der Waals surface area (Å²) in [6, 6.07) is 6.82. The van der Waals surface area contributed by atoms with Crippen molar-refractivity contribution >= 4 is 16.0 Å². The minimum atomic E-state index is -3.89. The molecule has 1 heterocycles. The average molecular weight is 282 g/mol. The fraction of sp³-hybridized carbons (Fsp3) is 0.0909. The van der Waals surface area contributed by atoms with Gasteiger partial charge in [0, 0.05) is 6.20 Å². The van der Waals surface area contributed by atoms with Crippen LogP contribution in [-0.2, 0) is 10.0 Å². The van der Waals surface area contributed by atoms with Gasteiger partial charge in [0.25, 0.3) is 10.0 Å². The SMILES string of the molecule is COc1ccc(S(=O)(=O)n2ccc(C(=O)O)n2)cc1. The number of ether oxygens (including phenoxy) is 1. The molecule has 0 atom stereocenters. The smallest absolute Gasteiger partial charge is 0.356 e. The molecule has 0 aliphatic rings. The monoisotopic (exact) mass is 282 g/mol. The molecule has 1 aromatic carbocycles. The summed E-state index contributed by atoms with van der Waals surface area (Å²) < 4.78 is 29.8. The van der Waals surface area contributed by atoms with E-state index in [1.807, 2.05) is 0 Å². The van der Waals surface area contributed by atoms with Crippen LogP contribution in [0, 0.1) is 0 Å². The van der Waals surface area contributed by atoms with Crippen LogP contribution in [0.2, 0.25) is 0 Å². The Hall–Kier alpha value is -2.35. The summed E-state index contributed by atoms with van der Waals surface area (Å²) in [6.45, 7) is 0. The molecule has 19 heavy (non-hydrogen) atoms. The van der Waals surface area contributed by atoms with Crippen LogP contribution in [0.1, 0.15) is 10.5 Å². The second-order valence-electron chi connectivity index (χ2n) is 3.56. The van der Waals surface area contributed by atoms with E-state index in [1.165, 1.54) is 31.4 Å². The van der Waals surface area contributed by atoms with Gasteiger partial charge in [-0.05, 0) is 30.3 Å². The number of rotatable bonds is 4. The van der Waals surface area contributed by atoms with Gasteiger partial charge in [0.05, 0.1) is 12.0 Å². The zero-order valence-corrected chi connectivity index (χ0v) is 10.7. The molecule has 2 rings (SSSR count). The molecule has 0 unspecified atom stereocenters. The standard InChI is InChI=1S/C11H10N2O5S/c1-18-8-2-4-9(5-3-8)19(16,17)13-7-6-10(12-13)11(14)15/h2-7H,1H3,(H,14,15). The molecule has 0 aliphatic carbocycles. The summed E-state index contributed by atoms with van der Waals surface area (Å²) >= 11 is 0. The van der Waals surface area contributed by atoms with Gasteiger partial charge in [0.1, 0.15) is 5.75 Å². The highest BCUT2D eigenvalue weighted by Crippen LogP contribution is 2.17. The summed E-state index contributed by atoms with van der Waals surface area (Å²) in [4.78, 5) is 10.7. The number of benzene rings is 1. The first-order chi connectivity index (χ1) is 8.95. The van der Waals surface area contributed by atoms with Gasteiger partial charge in [-0.15, -0.1) is 0 Å². The third-order valence-electron chi connectivity index (χ3n) is 2.39. The van der Waals surface area contributed by atoms with Crippen LogP contribution in [0.4, 0.5) is 0 Å². The van der Waals surface area contributed by atoms with E-state index < -0.39 is 16.0 Å². The summed E-state index contributed by atoms with van der Waals surface area (Å²) in [7, 11) is -2.42. The van der Waals surface area contributed by atoms with E-state index in [-0.39, 0.29) is 10.6 Å². The molecule has 1 aromatic heterocycles. The molecule has 0 radical (unpaired) electrons. The van der Waals surface area contributed by atoms with Crippen LogP contribution in [0.5, 0.6) is 5.75 Å². The van der Waals surface area contributed by atoms with E-state index in [0.717, 1.165) is 12.3 Å². The second kappa shape index (κ2) is 4.73. The van der Waals surface area contributed by atoms with Gasteiger partial charge >= 0.3 is 5.97 Å². The molecule has 100 valence electrons. The van der Waals surface area contributed by atoms with Crippen molar-refractivity contribution in [2.45, 2.75) is 4.90 Å². The fourth-order valence-electron chi connectivity index (χ4n) is 1.41. The van der Waals surface area contributed by atoms with Crippen molar-refractivity contribution in [2.24, 2.45) is 0 Å². The van der Waals surface area contributed by atoms with E-state index in [2.05, 4.69) is 5.10 Å². The molecule has 8 heteroatoms. The number of aromatic carboxylic acids is 1. The average Bonchev–Trinajstić information content (AvgIpc) is 2.89. The van der Waals surface area contributed by atoms with Crippen molar-refractivity contribution in [3.05, 3.63) is 42.2 Å². The zero-order chi connectivity index (χ0) is 14.0. The predicted octanol–water partition coefficient (Wildman–Crippen LogP) is 0.827. The van der Waals surface area contributed by atoms with Crippen molar-refractivity contribution < 1.29 is 23.1 Å². The van der Waals surface area contributed by atoms with Crippen LogP contribution in [0.3, 0.4) is 0 Å². The molecule has 0 aliphatic heterocycles. The van der Waals surface area contributed by atoms with Gasteiger partial charge in [0.2, 0.25) is 0 Å². The number of hydrogen-bond donors (Lipinski definition) is 1. The van der Waals surface area contributed by atoms with Crippen LogP contribution in [0.15, 0.2) is 41.4 Å². The van der Waals surface area contributed by atoms with Crippen molar-refractivity contribution in [2.75, 3.05) is 7.11 Å². The van der Waals surface area contributed by atoms with E-state index in [4.69, 9.17) is 9.84 Å². The Morgan fingerprint density at radius 2 is 1.89 bits per heavy atom. The minimum absolute atomic E-state index is 0.00617. The molecule has 0 amide bonds. The largest absolute Gasteiger partial charge is 0.497 e. The number of methoxy groups -OCH3 is 1. The number of nitrogens with zero attached hydrogens (tertiary/aromatic N) is 2. The normalized spacial score (nSPS) is 11.2. The number of carboxylic acids is 1. The van der Waals surface area contributed by atoms with E-state index in [1.54, 1.807) is 0 Å². The first-order valence-corrected chi connectivity index (χ1v) is 6.58. The van der Waals surface area contributed by atoms with Crippen LogP contribution in [0.25, 0.3) is 0 Å². The lowest BCUT2D eigenvalue weighted by Crippen LogP contribution is -2.14. The van der Waals surface area contributed by atoms with Crippen LogP contribution in [-0.4, -0.2) is 35.8 Å². The van der Waals surface area contributed by atoms with Gasteiger partial charge in [-0.1, -0.05) is 0 Å². The Morgan fingerprint density at radius 3 is 2.37 bits per heavy atom. The van der Waals surface area contributed by atoms with Crippen molar-refractivity contribution in [1.29, 1.82) is 0 Å². The molecule has 1 N–H and O–H groups in total. The van der Waals surface area contributed by atoms with Gasteiger partial charge < -0.3 is 9.84 Å². The van der Waals surface area contributed by atoms with Crippen molar-refractivity contribution in [3.63, 3.8) is 0 Å². The lowest BCUT2D eigenvalue weighted by molar-refractivity contribution is 0.0690. The maximum absolute atomic E-state index is 12.1. The minimum Gasteiger partial charge on any atom is -0.497 e. The van der Waals surface area contributed by atoms with Crippen molar-refractivity contribution in [3.8, 4) is 5.75 Å². The molecule has 0 saturated heterocycles. The topological polar surface area (TPSA) is 98.5 Å². The molecular formula is C11H10N2O5S. The molecule has 2 aromatic rings. The highest BCUT2D eigenvalue weighted by atomic mass is 32.2. The molecule has 0 fully saturated rings. The van der Waals surface area contributed by atoms with Gasteiger partial charge in [-0.25, -0.2) is 4.79 Å². The van der Waals surface area contributed by atoms with Crippen molar-refractivity contribution in [1.82, 2.24) is 9.19 Å². The lowest BCUT2D eigenvalue weighted by Gasteiger charge is -2.05. The zero-order valence-electron chi connectivity index (χ0n) is 9.85. The number of carbonyl (C=O) groups is 1. The predicted molar refractivity (Wildman–Crippen MR) is 64.8 cm³/mol. The first-order valence-electron chi connectivity index (χ1n) is 5.14. The number of hydrogen-bond acceptors (Lipinski definition) is 5. The summed E-state index contributed by atoms with van der Waals surface area (Å²) in [5.41, 5.74) is -0.336. The number of carboxylic acid groups (broad SMARTS) is 1. The quantitative estimate of drug-likeness (QED) is 0.891. The van der Waals surface area contributed by atoms with Crippen LogP contribution >= 0.6 is 0 Å². The number of aromatic nitrogens is 2. The molecular weight excluding hydrogens is 272 g/mol. The Bertz CT molecular complexity index is 703. The highest BCUT2D eigenvalue weighted by molar-refractivity contribution is 7.89. The Balaban J connectivity index is 2.42. The maximum Gasteiger partial charge on any atom is 0.356 e. The lowest BCUT2D eigenvalue weighted by atomic mass is 10.3. The highest BCUT2D eigenvalue weighted by Gasteiger charge is 2.19. The summed E-state index contributed by atoms with van der Waals surface area (Å²) in [6.07, 6.45) is 1.09. The van der Waals surface area contributed by atoms with E-state index in [0.29, 0.717) is 9.84 Å². The fourth-order valence-corrected chi connectivity index (χ4v) is 2.52. The third-order valence-corrected chi connectivity index (χ3v) is 3.95. The third kappa shape index (κ3) is 2.43. The second-order valence-corrected chi connectivity index (χ2v) is 5.35. The maximum atomic E-state index is 12.1. The van der Waals surface area contributed by atoms with Crippen LogP contribution < -0.4 is 4.74 Å². The molecule has 0 bridgehead atoms. The Kier molecular flexibility index (Phi) is 3.26. The Morgan fingerprint density at radius 1 is 1.26 bits per heavy atom. The van der Waals surface area contributed by atoms with E-state index in [9.17, 15) is 13.2 Å². The molecule has 0 saturated carbocycles.